The van der Waals surface area contributed by atoms with Gasteiger partial charge in [0.15, 0.2) is 0 Å². The normalized spacial score (nSPS) is 25.4. The van der Waals surface area contributed by atoms with Gasteiger partial charge >= 0.3 is 0 Å². The molecule has 0 aromatic carbocycles. The standard InChI is InChI=1S/C16H29N3/c1-4-12-19-15(10-11-18-19)16(17-3)14-8-6-13(5-2)7-9-14/h10-11,13-14,16-17H,4-9,12H2,1-3H3. The second-order valence-electron chi connectivity index (χ2n) is 5.93. The molecule has 1 atom stereocenters. The van der Waals surface area contributed by atoms with E-state index in [-0.39, 0.29) is 0 Å². The zero-order valence-electron chi connectivity index (χ0n) is 12.7. The van der Waals surface area contributed by atoms with Crippen molar-refractivity contribution in [2.45, 2.75) is 65.0 Å². The molecule has 1 fully saturated rings. The van der Waals surface area contributed by atoms with Gasteiger partial charge < -0.3 is 5.32 Å². The Bertz CT molecular complexity index is 364. The lowest BCUT2D eigenvalue weighted by atomic mass is 9.77. The van der Waals surface area contributed by atoms with Crippen LogP contribution >= 0.6 is 0 Å². The van der Waals surface area contributed by atoms with Gasteiger partial charge in [0.25, 0.3) is 0 Å². The van der Waals surface area contributed by atoms with Gasteiger partial charge in [0.05, 0.1) is 11.7 Å². The van der Waals surface area contributed by atoms with Crippen LogP contribution in [0, 0.1) is 11.8 Å². The van der Waals surface area contributed by atoms with Crippen LogP contribution in [-0.2, 0) is 6.54 Å². The lowest BCUT2D eigenvalue weighted by molar-refractivity contribution is 0.218. The van der Waals surface area contributed by atoms with E-state index in [2.05, 4.69) is 42.1 Å². The summed E-state index contributed by atoms with van der Waals surface area (Å²) in [6.45, 7) is 5.58. The van der Waals surface area contributed by atoms with Crippen LogP contribution in [0.2, 0.25) is 0 Å². The molecule has 0 aliphatic heterocycles. The third kappa shape index (κ3) is 3.38. The first-order valence-electron chi connectivity index (χ1n) is 7.99. The van der Waals surface area contributed by atoms with E-state index in [4.69, 9.17) is 0 Å². The fraction of sp³-hybridized carbons (Fsp3) is 0.812. The van der Waals surface area contributed by atoms with Crippen LogP contribution in [0.1, 0.15) is 64.1 Å². The number of aryl methyl sites for hydroxylation is 1. The molecular formula is C16H29N3. The Kier molecular flexibility index (Phi) is 5.44. The maximum Gasteiger partial charge on any atom is 0.0556 e. The highest BCUT2D eigenvalue weighted by Gasteiger charge is 2.28. The SMILES string of the molecule is CCCn1nccc1C(NC)C1CCC(CC)CC1. The average Bonchev–Trinajstić information content (AvgIpc) is 2.89. The summed E-state index contributed by atoms with van der Waals surface area (Å²) in [6, 6.07) is 2.68. The molecule has 1 aromatic rings. The van der Waals surface area contributed by atoms with Crippen LogP contribution in [-0.4, -0.2) is 16.8 Å². The number of hydrogen-bond acceptors (Lipinski definition) is 2. The van der Waals surface area contributed by atoms with Crippen LogP contribution in [0.5, 0.6) is 0 Å². The summed E-state index contributed by atoms with van der Waals surface area (Å²) in [4.78, 5) is 0. The lowest BCUT2D eigenvalue weighted by Gasteiger charge is -2.33. The van der Waals surface area contributed by atoms with Crippen molar-refractivity contribution in [2.24, 2.45) is 11.8 Å². The molecule has 1 aliphatic rings. The fourth-order valence-corrected chi connectivity index (χ4v) is 3.56. The van der Waals surface area contributed by atoms with Crippen molar-refractivity contribution in [1.29, 1.82) is 0 Å². The fourth-order valence-electron chi connectivity index (χ4n) is 3.56. The Morgan fingerprint density at radius 3 is 2.63 bits per heavy atom. The second-order valence-corrected chi connectivity index (χ2v) is 5.93. The Morgan fingerprint density at radius 2 is 2.05 bits per heavy atom. The van der Waals surface area contributed by atoms with Gasteiger partial charge in [-0.15, -0.1) is 0 Å². The van der Waals surface area contributed by atoms with Gasteiger partial charge in [-0.25, -0.2) is 0 Å². The van der Waals surface area contributed by atoms with Crippen molar-refractivity contribution in [3.05, 3.63) is 18.0 Å². The summed E-state index contributed by atoms with van der Waals surface area (Å²) >= 11 is 0. The maximum absolute atomic E-state index is 4.48. The molecule has 1 heterocycles. The molecule has 3 nitrogen and oxygen atoms in total. The van der Waals surface area contributed by atoms with Gasteiger partial charge in [-0.05, 0) is 44.2 Å². The Balaban J connectivity index is 2.05. The second kappa shape index (κ2) is 7.09. The van der Waals surface area contributed by atoms with Crippen molar-refractivity contribution >= 4 is 0 Å². The van der Waals surface area contributed by atoms with Crippen molar-refractivity contribution < 1.29 is 0 Å². The van der Waals surface area contributed by atoms with E-state index in [1.54, 1.807) is 0 Å². The summed E-state index contributed by atoms with van der Waals surface area (Å²) < 4.78 is 2.19. The van der Waals surface area contributed by atoms with Crippen molar-refractivity contribution in [2.75, 3.05) is 7.05 Å². The number of nitrogens with one attached hydrogen (secondary N) is 1. The van der Waals surface area contributed by atoms with E-state index in [0.717, 1.165) is 24.8 Å². The number of rotatable bonds is 6. The number of nitrogens with zero attached hydrogens (tertiary/aromatic N) is 2. The van der Waals surface area contributed by atoms with Gasteiger partial charge in [-0.2, -0.15) is 5.10 Å². The van der Waals surface area contributed by atoms with Crippen LogP contribution < -0.4 is 5.32 Å². The maximum atomic E-state index is 4.48. The number of aromatic nitrogens is 2. The van der Waals surface area contributed by atoms with Gasteiger partial charge in [-0.1, -0.05) is 33.1 Å². The summed E-state index contributed by atoms with van der Waals surface area (Å²) in [5.41, 5.74) is 1.38. The molecule has 1 aromatic heterocycles. The van der Waals surface area contributed by atoms with Gasteiger partial charge in [0, 0.05) is 12.7 Å². The molecule has 1 N–H and O–H groups in total. The van der Waals surface area contributed by atoms with Crippen LogP contribution in [0.15, 0.2) is 12.3 Å². The first-order chi connectivity index (χ1) is 9.30. The van der Waals surface area contributed by atoms with E-state index >= 15 is 0 Å². The third-order valence-electron chi connectivity index (χ3n) is 4.75. The summed E-state index contributed by atoms with van der Waals surface area (Å²) in [7, 11) is 2.10. The first-order valence-corrected chi connectivity index (χ1v) is 7.99. The first kappa shape index (κ1) is 14.6. The molecule has 19 heavy (non-hydrogen) atoms. The van der Waals surface area contributed by atoms with Crippen LogP contribution in [0.4, 0.5) is 0 Å². The monoisotopic (exact) mass is 263 g/mol. The molecule has 2 rings (SSSR count). The Morgan fingerprint density at radius 1 is 1.32 bits per heavy atom. The highest BCUT2D eigenvalue weighted by molar-refractivity contribution is 5.09. The summed E-state index contributed by atoms with van der Waals surface area (Å²) in [6.07, 6.45) is 9.98. The van der Waals surface area contributed by atoms with Crippen molar-refractivity contribution in [3.63, 3.8) is 0 Å². The van der Waals surface area contributed by atoms with E-state index in [1.165, 1.54) is 37.8 Å². The molecular weight excluding hydrogens is 234 g/mol. The minimum atomic E-state index is 0.479. The average molecular weight is 263 g/mol. The molecule has 0 saturated heterocycles. The number of hydrogen-bond donors (Lipinski definition) is 1. The smallest absolute Gasteiger partial charge is 0.0556 e. The van der Waals surface area contributed by atoms with Gasteiger partial charge in [-0.3, -0.25) is 4.68 Å². The highest BCUT2D eigenvalue weighted by Crippen LogP contribution is 2.37. The molecule has 108 valence electrons. The van der Waals surface area contributed by atoms with Crippen molar-refractivity contribution in [1.82, 2.24) is 15.1 Å². The quantitative estimate of drug-likeness (QED) is 0.846. The zero-order valence-corrected chi connectivity index (χ0v) is 12.7. The molecule has 1 aliphatic carbocycles. The summed E-state index contributed by atoms with van der Waals surface area (Å²) in [5, 5.41) is 8.02. The predicted molar refractivity (Wildman–Crippen MR) is 80.1 cm³/mol. The minimum Gasteiger partial charge on any atom is -0.311 e. The summed E-state index contributed by atoms with van der Waals surface area (Å²) in [5.74, 6) is 1.74. The van der Waals surface area contributed by atoms with Crippen LogP contribution in [0.25, 0.3) is 0 Å². The van der Waals surface area contributed by atoms with E-state index < -0.39 is 0 Å². The topological polar surface area (TPSA) is 29.9 Å². The van der Waals surface area contributed by atoms with Crippen LogP contribution in [0.3, 0.4) is 0 Å². The predicted octanol–water partition coefficient (Wildman–Crippen LogP) is 3.77. The molecule has 0 spiro atoms. The minimum absolute atomic E-state index is 0.479. The molecule has 0 radical (unpaired) electrons. The molecule has 3 heteroatoms. The van der Waals surface area contributed by atoms with E-state index in [9.17, 15) is 0 Å². The molecule has 1 saturated carbocycles. The zero-order chi connectivity index (χ0) is 13.7. The Hall–Kier alpha value is -0.830. The third-order valence-corrected chi connectivity index (χ3v) is 4.75. The molecule has 0 bridgehead atoms. The van der Waals surface area contributed by atoms with E-state index in [1.807, 2.05) is 6.20 Å². The van der Waals surface area contributed by atoms with Gasteiger partial charge in [0.2, 0.25) is 0 Å². The largest absolute Gasteiger partial charge is 0.311 e. The van der Waals surface area contributed by atoms with Gasteiger partial charge in [0.1, 0.15) is 0 Å². The highest BCUT2D eigenvalue weighted by atomic mass is 15.3. The lowest BCUT2D eigenvalue weighted by Crippen LogP contribution is -2.30. The molecule has 0 amide bonds. The molecule has 1 unspecified atom stereocenters. The Labute approximate surface area is 117 Å². The van der Waals surface area contributed by atoms with E-state index in [0.29, 0.717) is 6.04 Å². The van der Waals surface area contributed by atoms with Crippen molar-refractivity contribution in [3.8, 4) is 0 Å².